The first kappa shape index (κ1) is 17.0. The first-order valence-electron chi connectivity index (χ1n) is 9.34. The Morgan fingerprint density at radius 1 is 1.04 bits per heavy atom. The molecule has 2 fully saturated rings. The van der Waals surface area contributed by atoms with Crippen LogP contribution in [0.2, 0.25) is 0 Å². The van der Waals surface area contributed by atoms with E-state index in [9.17, 15) is 9.59 Å². The number of nitrogens with zero attached hydrogens (tertiary/aromatic N) is 1. The standard InChI is InChI=1S/C20H28N2O2/c23-19(9-4-13-21-20(24)18-10-11-18)22-14-5-8-17(12-15-22)16-6-2-1-3-7-16/h1-3,6-7,17-18H,4-5,8-15H2,(H,21,24)/t17-/m1/s1. The van der Waals surface area contributed by atoms with E-state index in [0.29, 0.717) is 18.9 Å². The number of carbonyl (C=O) groups excluding carboxylic acids is 2. The molecule has 1 aromatic rings. The van der Waals surface area contributed by atoms with Gasteiger partial charge in [-0.15, -0.1) is 0 Å². The molecule has 4 nitrogen and oxygen atoms in total. The topological polar surface area (TPSA) is 49.4 Å². The van der Waals surface area contributed by atoms with E-state index in [0.717, 1.165) is 51.6 Å². The Morgan fingerprint density at radius 2 is 1.83 bits per heavy atom. The van der Waals surface area contributed by atoms with Crippen LogP contribution in [0.25, 0.3) is 0 Å². The quantitative estimate of drug-likeness (QED) is 0.816. The van der Waals surface area contributed by atoms with Crippen LogP contribution >= 0.6 is 0 Å². The Labute approximate surface area is 144 Å². The third-order valence-corrected chi connectivity index (χ3v) is 5.17. The van der Waals surface area contributed by atoms with Crippen LogP contribution in [0.4, 0.5) is 0 Å². The van der Waals surface area contributed by atoms with Gasteiger partial charge in [-0.1, -0.05) is 30.3 Å². The zero-order valence-electron chi connectivity index (χ0n) is 14.4. The smallest absolute Gasteiger partial charge is 0.223 e. The lowest BCUT2D eigenvalue weighted by Gasteiger charge is -2.21. The second kappa shape index (κ2) is 8.32. The lowest BCUT2D eigenvalue weighted by atomic mass is 9.92. The van der Waals surface area contributed by atoms with E-state index in [1.165, 1.54) is 5.56 Å². The fraction of sp³-hybridized carbons (Fsp3) is 0.600. The Morgan fingerprint density at radius 3 is 2.58 bits per heavy atom. The first-order valence-corrected chi connectivity index (χ1v) is 9.34. The minimum Gasteiger partial charge on any atom is -0.356 e. The van der Waals surface area contributed by atoms with Crippen LogP contribution in [0.1, 0.15) is 56.4 Å². The summed E-state index contributed by atoms with van der Waals surface area (Å²) < 4.78 is 0. The van der Waals surface area contributed by atoms with Crippen molar-refractivity contribution in [3.05, 3.63) is 35.9 Å². The normalized spacial score (nSPS) is 21.2. The molecule has 0 spiro atoms. The third-order valence-electron chi connectivity index (χ3n) is 5.17. The molecule has 0 unspecified atom stereocenters. The summed E-state index contributed by atoms with van der Waals surface area (Å²) in [6.45, 7) is 2.35. The van der Waals surface area contributed by atoms with Crippen molar-refractivity contribution in [1.29, 1.82) is 0 Å². The van der Waals surface area contributed by atoms with Crippen molar-refractivity contribution >= 4 is 11.8 Å². The van der Waals surface area contributed by atoms with E-state index in [2.05, 4.69) is 35.6 Å². The molecular formula is C20H28N2O2. The number of likely N-dealkylation sites (tertiary alicyclic amines) is 1. The fourth-order valence-electron chi connectivity index (χ4n) is 3.50. The van der Waals surface area contributed by atoms with E-state index in [1.807, 2.05) is 4.90 Å². The number of rotatable bonds is 6. The first-order chi connectivity index (χ1) is 11.7. The second-order valence-electron chi connectivity index (χ2n) is 7.09. The zero-order valence-corrected chi connectivity index (χ0v) is 14.4. The molecule has 1 N–H and O–H groups in total. The van der Waals surface area contributed by atoms with Gasteiger partial charge in [0.25, 0.3) is 0 Å². The molecule has 0 radical (unpaired) electrons. The number of carbonyl (C=O) groups is 2. The highest BCUT2D eigenvalue weighted by Crippen LogP contribution is 2.29. The summed E-state index contributed by atoms with van der Waals surface area (Å²) in [7, 11) is 0. The number of benzene rings is 1. The molecule has 1 aromatic carbocycles. The van der Waals surface area contributed by atoms with Crippen molar-refractivity contribution in [3.63, 3.8) is 0 Å². The molecule has 1 heterocycles. The average molecular weight is 328 g/mol. The highest BCUT2D eigenvalue weighted by atomic mass is 16.2. The molecular weight excluding hydrogens is 300 g/mol. The molecule has 1 aliphatic carbocycles. The van der Waals surface area contributed by atoms with Crippen molar-refractivity contribution in [2.24, 2.45) is 5.92 Å². The minimum absolute atomic E-state index is 0.169. The Balaban J connectivity index is 1.38. The highest BCUT2D eigenvalue weighted by Gasteiger charge is 2.29. The molecule has 3 rings (SSSR count). The Bertz CT molecular complexity index is 554. The monoisotopic (exact) mass is 328 g/mol. The molecule has 0 bridgehead atoms. The summed E-state index contributed by atoms with van der Waals surface area (Å²) in [6, 6.07) is 10.6. The molecule has 1 saturated heterocycles. The molecule has 130 valence electrons. The van der Waals surface area contributed by atoms with Gasteiger partial charge in [0.2, 0.25) is 11.8 Å². The van der Waals surface area contributed by atoms with Gasteiger partial charge in [-0.3, -0.25) is 9.59 Å². The van der Waals surface area contributed by atoms with Gasteiger partial charge < -0.3 is 10.2 Å². The van der Waals surface area contributed by atoms with Crippen molar-refractivity contribution < 1.29 is 9.59 Å². The van der Waals surface area contributed by atoms with Gasteiger partial charge in [0.05, 0.1) is 0 Å². The number of hydrogen-bond acceptors (Lipinski definition) is 2. The molecule has 2 aliphatic rings. The summed E-state index contributed by atoms with van der Waals surface area (Å²) in [6.07, 6.45) is 6.63. The Kier molecular flexibility index (Phi) is 5.89. The Hall–Kier alpha value is -1.84. The zero-order chi connectivity index (χ0) is 16.8. The van der Waals surface area contributed by atoms with Crippen molar-refractivity contribution in [2.45, 2.75) is 50.9 Å². The molecule has 0 aromatic heterocycles. The minimum atomic E-state index is 0.169. The van der Waals surface area contributed by atoms with Gasteiger partial charge in [-0.2, -0.15) is 0 Å². The van der Waals surface area contributed by atoms with Crippen LogP contribution in [0.3, 0.4) is 0 Å². The largest absolute Gasteiger partial charge is 0.356 e. The van der Waals surface area contributed by atoms with Gasteiger partial charge in [0.15, 0.2) is 0 Å². The lowest BCUT2D eigenvalue weighted by molar-refractivity contribution is -0.131. The third kappa shape index (κ3) is 4.83. The van der Waals surface area contributed by atoms with E-state index in [-0.39, 0.29) is 17.7 Å². The molecule has 1 atom stereocenters. The van der Waals surface area contributed by atoms with Gasteiger partial charge in [0, 0.05) is 32.0 Å². The average Bonchev–Trinajstić information content (AvgIpc) is 3.45. The summed E-state index contributed by atoms with van der Waals surface area (Å²) in [5, 5.41) is 2.93. The predicted molar refractivity (Wildman–Crippen MR) is 94.6 cm³/mol. The molecule has 1 saturated carbocycles. The van der Waals surface area contributed by atoms with Crippen molar-refractivity contribution in [1.82, 2.24) is 10.2 Å². The number of hydrogen-bond donors (Lipinski definition) is 1. The van der Waals surface area contributed by atoms with Crippen LogP contribution < -0.4 is 5.32 Å². The molecule has 4 heteroatoms. The van der Waals surface area contributed by atoms with Gasteiger partial charge in [-0.05, 0) is 50.0 Å². The maximum atomic E-state index is 12.4. The van der Waals surface area contributed by atoms with Crippen molar-refractivity contribution in [3.8, 4) is 0 Å². The summed E-state index contributed by atoms with van der Waals surface area (Å²) in [5.41, 5.74) is 1.40. The van der Waals surface area contributed by atoms with Gasteiger partial charge in [0.1, 0.15) is 0 Å². The van der Waals surface area contributed by atoms with Crippen LogP contribution in [-0.4, -0.2) is 36.3 Å². The number of amides is 2. The van der Waals surface area contributed by atoms with E-state index in [4.69, 9.17) is 0 Å². The SMILES string of the molecule is O=C(NCCCC(=O)N1CCC[C@@H](c2ccccc2)CC1)C1CC1. The fourth-order valence-corrected chi connectivity index (χ4v) is 3.50. The van der Waals surface area contributed by atoms with E-state index in [1.54, 1.807) is 0 Å². The van der Waals surface area contributed by atoms with Crippen LogP contribution in [0, 0.1) is 5.92 Å². The van der Waals surface area contributed by atoms with E-state index >= 15 is 0 Å². The summed E-state index contributed by atoms with van der Waals surface area (Å²) in [5.74, 6) is 1.23. The highest BCUT2D eigenvalue weighted by molar-refractivity contribution is 5.81. The summed E-state index contributed by atoms with van der Waals surface area (Å²) in [4.78, 5) is 26.0. The van der Waals surface area contributed by atoms with Crippen LogP contribution in [0.15, 0.2) is 30.3 Å². The van der Waals surface area contributed by atoms with Gasteiger partial charge >= 0.3 is 0 Å². The molecule has 24 heavy (non-hydrogen) atoms. The molecule has 1 aliphatic heterocycles. The second-order valence-corrected chi connectivity index (χ2v) is 7.09. The number of nitrogens with one attached hydrogen (secondary N) is 1. The van der Waals surface area contributed by atoms with Gasteiger partial charge in [-0.25, -0.2) is 0 Å². The lowest BCUT2D eigenvalue weighted by Crippen LogP contribution is -2.33. The maximum absolute atomic E-state index is 12.4. The van der Waals surface area contributed by atoms with Crippen LogP contribution in [0.5, 0.6) is 0 Å². The maximum Gasteiger partial charge on any atom is 0.223 e. The molecule has 2 amide bonds. The predicted octanol–water partition coefficient (Wildman–Crippen LogP) is 3.09. The summed E-state index contributed by atoms with van der Waals surface area (Å²) >= 11 is 0. The van der Waals surface area contributed by atoms with Crippen molar-refractivity contribution in [2.75, 3.05) is 19.6 Å². The van der Waals surface area contributed by atoms with E-state index < -0.39 is 0 Å². The van der Waals surface area contributed by atoms with Crippen LogP contribution in [-0.2, 0) is 9.59 Å².